The molecule has 0 aliphatic rings. The molecule has 0 saturated heterocycles. The Morgan fingerprint density at radius 3 is 2.94 bits per heavy atom. The maximum atomic E-state index is 12.9. The minimum atomic E-state index is -0.804. The topological polar surface area (TPSA) is 34.9 Å². The zero-order chi connectivity index (χ0) is 12.4. The number of halogens is 3. The summed E-state index contributed by atoms with van der Waals surface area (Å²) in [5.74, 6) is -0.804. The number of benzene rings is 1. The molecule has 0 spiro atoms. The van der Waals surface area contributed by atoms with E-state index in [2.05, 4.69) is 21.0 Å². The summed E-state index contributed by atoms with van der Waals surface area (Å²) >= 11 is 8.85. The lowest BCUT2D eigenvalue weighted by Crippen LogP contribution is -2.24. The fraction of sp³-hybridized carbons (Fsp3) is 0.0909. The molecule has 0 aliphatic carbocycles. The lowest BCUT2D eigenvalue weighted by molar-refractivity contribution is 0.568. The summed E-state index contributed by atoms with van der Waals surface area (Å²) in [5, 5.41) is 3.26. The van der Waals surface area contributed by atoms with Gasteiger partial charge in [0.15, 0.2) is 5.82 Å². The highest BCUT2D eigenvalue weighted by Crippen LogP contribution is 2.12. The van der Waals surface area contributed by atoms with Gasteiger partial charge < -0.3 is 0 Å². The Balaban J connectivity index is 2.37. The molecule has 6 heteroatoms. The van der Waals surface area contributed by atoms with Gasteiger partial charge in [-0.05, 0) is 17.7 Å². The molecule has 0 amide bonds. The fourth-order valence-corrected chi connectivity index (χ4v) is 1.96. The summed E-state index contributed by atoms with van der Waals surface area (Å²) in [5.41, 5.74) is 0.239. The van der Waals surface area contributed by atoms with Crippen molar-refractivity contribution in [3.05, 3.63) is 61.7 Å². The minimum Gasteiger partial charge on any atom is -0.266 e. The van der Waals surface area contributed by atoms with E-state index in [1.165, 1.54) is 0 Å². The van der Waals surface area contributed by atoms with E-state index >= 15 is 0 Å². The predicted molar refractivity (Wildman–Crippen MR) is 66.7 cm³/mol. The third kappa shape index (κ3) is 2.73. The molecule has 0 unspecified atom stereocenters. The molecule has 88 valence electrons. The van der Waals surface area contributed by atoms with Crippen LogP contribution in [0.25, 0.3) is 0 Å². The van der Waals surface area contributed by atoms with Crippen LogP contribution in [-0.2, 0) is 6.54 Å². The molecule has 0 aliphatic heterocycles. The van der Waals surface area contributed by atoms with Crippen molar-refractivity contribution in [3.8, 4) is 0 Å². The largest absolute Gasteiger partial charge is 0.288 e. The minimum absolute atomic E-state index is 0.248. The molecule has 0 radical (unpaired) electrons. The SMILES string of the molecule is O=c1c(Cl)c(F)cnn1Cc1cccc(Br)c1. The van der Waals surface area contributed by atoms with Crippen LogP contribution in [-0.4, -0.2) is 9.78 Å². The van der Waals surface area contributed by atoms with Crippen molar-refractivity contribution < 1.29 is 4.39 Å². The average molecular weight is 318 g/mol. The first-order valence-electron chi connectivity index (χ1n) is 4.73. The van der Waals surface area contributed by atoms with Gasteiger partial charge in [0.25, 0.3) is 5.56 Å². The Morgan fingerprint density at radius 1 is 1.47 bits per heavy atom. The smallest absolute Gasteiger partial charge is 0.266 e. The zero-order valence-electron chi connectivity index (χ0n) is 8.53. The van der Waals surface area contributed by atoms with Crippen LogP contribution in [0.4, 0.5) is 4.39 Å². The molecule has 0 fully saturated rings. The number of hydrogen-bond donors (Lipinski definition) is 0. The van der Waals surface area contributed by atoms with Crippen LogP contribution >= 0.6 is 27.5 Å². The van der Waals surface area contributed by atoms with Crippen molar-refractivity contribution in [2.75, 3.05) is 0 Å². The Morgan fingerprint density at radius 2 is 2.24 bits per heavy atom. The van der Waals surface area contributed by atoms with E-state index in [0.29, 0.717) is 0 Å². The van der Waals surface area contributed by atoms with Crippen molar-refractivity contribution in [1.82, 2.24) is 9.78 Å². The van der Waals surface area contributed by atoms with E-state index in [1.807, 2.05) is 24.3 Å². The monoisotopic (exact) mass is 316 g/mol. The first-order valence-corrected chi connectivity index (χ1v) is 5.90. The predicted octanol–water partition coefficient (Wildman–Crippen LogP) is 2.85. The van der Waals surface area contributed by atoms with E-state index in [0.717, 1.165) is 20.9 Å². The standard InChI is InChI=1S/C11H7BrClFN2O/c12-8-3-1-2-7(4-8)6-16-11(17)10(13)9(14)5-15-16/h1-5H,6H2. The second-order valence-electron chi connectivity index (χ2n) is 3.40. The third-order valence-electron chi connectivity index (χ3n) is 2.16. The maximum Gasteiger partial charge on any atom is 0.288 e. The van der Waals surface area contributed by atoms with Crippen molar-refractivity contribution in [2.45, 2.75) is 6.54 Å². The molecule has 1 heterocycles. The summed E-state index contributed by atoms with van der Waals surface area (Å²) in [6, 6.07) is 7.41. The molecule has 0 atom stereocenters. The Kier molecular flexibility index (Phi) is 3.59. The van der Waals surface area contributed by atoms with Gasteiger partial charge in [0.1, 0.15) is 5.02 Å². The average Bonchev–Trinajstić information content (AvgIpc) is 2.30. The highest BCUT2D eigenvalue weighted by atomic mass is 79.9. The van der Waals surface area contributed by atoms with Gasteiger partial charge in [-0.2, -0.15) is 5.10 Å². The Labute approximate surface area is 110 Å². The summed E-state index contributed by atoms with van der Waals surface area (Å²) < 4.78 is 15.0. The van der Waals surface area contributed by atoms with Crippen LogP contribution < -0.4 is 5.56 Å². The van der Waals surface area contributed by atoms with E-state index in [9.17, 15) is 9.18 Å². The summed E-state index contributed by atoms with van der Waals surface area (Å²) in [6.07, 6.45) is 0.932. The van der Waals surface area contributed by atoms with E-state index in [-0.39, 0.29) is 6.54 Å². The van der Waals surface area contributed by atoms with Crippen molar-refractivity contribution in [2.24, 2.45) is 0 Å². The third-order valence-corrected chi connectivity index (χ3v) is 3.00. The Hall–Kier alpha value is -1.20. The molecule has 1 aromatic carbocycles. The van der Waals surface area contributed by atoms with Gasteiger partial charge in [-0.1, -0.05) is 39.7 Å². The van der Waals surface area contributed by atoms with Gasteiger partial charge in [-0.15, -0.1) is 0 Å². The highest BCUT2D eigenvalue weighted by molar-refractivity contribution is 9.10. The quantitative estimate of drug-likeness (QED) is 0.853. The molecule has 2 rings (SSSR count). The molecular formula is C11H7BrClFN2O. The molecule has 2 aromatic rings. The van der Waals surface area contributed by atoms with Gasteiger partial charge in [0, 0.05) is 4.47 Å². The summed E-state index contributed by atoms with van der Waals surface area (Å²) in [4.78, 5) is 11.6. The maximum absolute atomic E-state index is 12.9. The van der Waals surface area contributed by atoms with Crippen LogP contribution in [0.3, 0.4) is 0 Å². The molecule has 1 aromatic heterocycles. The highest BCUT2D eigenvalue weighted by Gasteiger charge is 2.08. The first-order chi connectivity index (χ1) is 8.08. The first kappa shape index (κ1) is 12.3. The van der Waals surface area contributed by atoms with E-state index < -0.39 is 16.4 Å². The molecule has 17 heavy (non-hydrogen) atoms. The number of rotatable bonds is 2. The Bertz CT molecular complexity index is 615. The second-order valence-corrected chi connectivity index (χ2v) is 4.69. The van der Waals surface area contributed by atoms with Crippen molar-refractivity contribution in [1.29, 1.82) is 0 Å². The molecule has 0 bridgehead atoms. The van der Waals surface area contributed by atoms with Gasteiger partial charge in [-0.25, -0.2) is 9.07 Å². The van der Waals surface area contributed by atoms with E-state index in [4.69, 9.17) is 11.6 Å². The molecule has 3 nitrogen and oxygen atoms in total. The molecular weight excluding hydrogens is 310 g/mol. The number of hydrogen-bond acceptors (Lipinski definition) is 2. The van der Waals surface area contributed by atoms with Gasteiger partial charge in [0.05, 0.1) is 12.7 Å². The summed E-state index contributed by atoms with van der Waals surface area (Å²) in [7, 11) is 0. The van der Waals surface area contributed by atoms with Crippen molar-refractivity contribution >= 4 is 27.5 Å². The van der Waals surface area contributed by atoms with Crippen LogP contribution in [0.15, 0.2) is 39.7 Å². The lowest BCUT2D eigenvalue weighted by Gasteiger charge is -2.05. The number of nitrogens with zero attached hydrogens (tertiary/aromatic N) is 2. The van der Waals surface area contributed by atoms with E-state index in [1.54, 1.807) is 0 Å². The number of aromatic nitrogens is 2. The zero-order valence-corrected chi connectivity index (χ0v) is 10.9. The fourth-order valence-electron chi connectivity index (χ4n) is 1.37. The van der Waals surface area contributed by atoms with Crippen LogP contribution in [0.1, 0.15) is 5.56 Å². The molecule has 0 saturated carbocycles. The van der Waals surface area contributed by atoms with Crippen molar-refractivity contribution in [3.63, 3.8) is 0 Å². The van der Waals surface area contributed by atoms with Crippen LogP contribution in [0, 0.1) is 5.82 Å². The molecule has 0 N–H and O–H groups in total. The van der Waals surface area contributed by atoms with Crippen LogP contribution in [0.5, 0.6) is 0 Å². The van der Waals surface area contributed by atoms with Crippen LogP contribution in [0.2, 0.25) is 5.02 Å². The normalized spacial score (nSPS) is 10.5. The lowest BCUT2D eigenvalue weighted by atomic mass is 10.2. The van der Waals surface area contributed by atoms with Gasteiger partial charge in [-0.3, -0.25) is 4.79 Å². The second kappa shape index (κ2) is 4.98. The summed E-state index contributed by atoms with van der Waals surface area (Å²) in [6.45, 7) is 0.248. The van der Waals surface area contributed by atoms with Gasteiger partial charge >= 0.3 is 0 Å². The van der Waals surface area contributed by atoms with Gasteiger partial charge in [0.2, 0.25) is 0 Å².